The van der Waals surface area contributed by atoms with Gasteiger partial charge in [-0.1, -0.05) is 32.9 Å². The summed E-state index contributed by atoms with van der Waals surface area (Å²) in [4.78, 5) is 59.6. The number of aromatic nitrogens is 3. The number of hydrogen-bond acceptors (Lipinski definition) is 6. The Kier molecular flexibility index (Phi) is 7.23. The number of piperidine rings is 1. The number of amides is 2. The number of nitrogens with zero attached hydrogens (tertiary/aromatic N) is 3. The lowest BCUT2D eigenvalue weighted by Crippen LogP contribution is -2.39. The van der Waals surface area contributed by atoms with Gasteiger partial charge in [0.15, 0.2) is 5.65 Å². The van der Waals surface area contributed by atoms with Crippen molar-refractivity contribution in [3.8, 4) is 0 Å². The molecule has 0 spiro atoms. The molecule has 3 aromatic rings. The smallest absolute Gasteiger partial charge is 0.329 e. The van der Waals surface area contributed by atoms with E-state index >= 15 is 0 Å². The third-order valence-corrected chi connectivity index (χ3v) is 6.64. The molecule has 2 amide bonds. The molecule has 1 fully saturated rings. The minimum Gasteiger partial charge on any atom is -0.370 e. The first-order chi connectivity index (χ1) is 17.2. The van der Waals surface area contributed by atoms with Crippen LogP contribution in [0.5, 0.6) is 0 Å². The van der Waals surface area contributed by atoms with Crippen LogP contribution in [0.4, 0.5) is 11.4 Å². The van der Waals surface area contributed by atoms with E-state index in [0.29, 0.717) is 50.3 Å². The minimum absolute atomic E-state index is 0.0238. The van der Waals surface area contributed by atoms with Crippen molar-refractivity contribution in [2.24, 2.45) is 11.7 Å². The quantitative estimate of drug-likeness (QED) is 0.463. The fourth-order valence-corrected chi connectivity index (χ4v) is 4.65. The molecule has 1 aromatic carbocycles. The van der Waals surface area contributed by atoms with Crippen molar-refractivity contribution in [3.63, 3.8) is 0 Å². The Morgan fingerprint density at radius 2 is 1.89 bits per heavy atom. The van der Waals surface area contributed by atoms with Crippen LogP contribution in [0.15, 0.2) is 39.9 Å². The number of carbonyl (C=O) groups is 2. The molecule has 4 rings (SSSR count). The molecule has 0 bridgehead atoms. The third-order valence-electron chi connectivity index (χ3n) is 6.64. The van der Waals surface area contributed by atoms with Crippen molar-refractivity contribution in [2.75, 3.05) is 23.3 Å². The first-order valence-electron chi connectivity index (χ1n) is 12.3. The lowest BCUT2D eigenvalue weighted by Gasteiger charge is -2.33. The summed E-state index contributed by atoms with van der Waals surface area (Å²) in [6, 6.07) is 9.05. The van der Waals surface area contributed by atoms with Crippen molar-refractivity contribution in [2.45, 2.75) is 52.5 Å². The molecule has 0 aliphatic carbocycles. The first-order valence-corrected chi connectivity index (χ1v) is 12.3. The number of carbonyl (C=O) groups excluding carboxylic acids is 2. The second-order valence-electron chi connectivity index (χ2n) is 9.49. The summed E-state index contributed by atoms with van der Waals surface area (Å²) < 4.78 is 1.41. The van der Waals surface area contributed by atoms with Crippen LogP contribution in [0.1, 0.15) is 62.0 Å². The van der Waals surface area contributed by atoms with Gasteiger partial charge in [0.25, 0.3) is 11.5 Å². The Bertz CT molecular complexity index is 1420. The van der Waals surface area contributed by atoms with Gasteiger partial charge in [-0.25, -0.2) is 9.78 Å². The number of benzene rings is 1. The van der Waals surface area contributed by atoms with Crippen LogP contribution in [0.2, 0.25) is 0 Å². The second kappa shape index (κ2) is 10.3. The Morgan fingerprint density at radius 1 is 1.19 bits per heavy atom. The zero-order chi connectivity index (χ0) is 26.0. The lowest BCUT2D eigenvalue weighted by atomic mass is 9.96. The first kappa shape index (κ1) is 25.2. The maximum absolute atomic E-state index is 13.6. The van der Waals surface area contributed by atoms with E-state index in [2.05, 4.69) is 20.2 Å². The fraction of sp³-hybridized carbons (Fsp3) is 0.423. The number of para-hydroxylation sites is 2. The average Bonchev–Trinajstić information content (AvgIpc) is 2.86. The van der Waals surface area contributed by atoms with E-state index in [9.17, 15) is 19.2 Å². The Labute approximate surface area is 208 Å². The lowest BCUT2D eigenvalue weighted by molar-refractivity contribution is -0.122. The molecule has 0 radical (unpaired) electrons. The topological polar surface area (TPSA) is 143 Å². The largest absolute Gasteiger partial charge is 0.370 e. The number of nitrogens with two attached hydrogens (primary N) is 1. The van der Waals surface area contributed by atoms with Gasteiger partial charge in [0.1, 0.15) is 0 Å². The molecule has 0 atom stereocenters. The number of hydrogen-bond donors (Lipinski definition) is 3. The van der Waals surface area contributed by atoms with E-state index < -0.39 is 17.2 Å². The summed E-state index contributed by atoms with van der Waals surface area (Å²) in [5.41, 5.74) is 6.70. The van der Waals surface area contributed by atoms with Crippen LogP contribution in [0, 0.1) is 5.92 Å². The summed E-state index contributed by atoms with van der Waals surface area (Å²) in [6.07, 6.45) is 1.96. The van der Waals surface area contributed by atoms with Gasteiger partial charge in [-0.2, -0.15) is 0 Å². The second-order valence-corrected chi connectivity index (χ2v) is 9.49. The van der Waals surface area contributed by atoms with Crippen molar-refractivity contribution in [3.05, 3.63) is 62.4 Å². The highest BCUT2D eigenvalue weighted by molar-refractivity contribution is 6.12. The van der Waals surface area contributed by atoms with Crippen molar-refractivity contribution in [1.29, 1.82) is 0 Å². The van der Waals surface area contributed by atoms with E-state index in [1.54, 1.807) is 12.1 Å². The van der Waals surface area contributed by atoms with Gasteiger partial charge in [0, 0.05) is 31.2 Å². The number of primary amides is 1. The third kappa shape index (κ3) is 4.89. The van der Waals surface area contributed by atoms with Gasteiger partial charge in [-0.15, -0.1) is 0 Å². The maximum Gasteiger partial charge on any atom is 0.329 e. The average molecular weight is 493 g/mol. The molecule has 1 aliphatic heterocycles. The number of nitrogens with one attached hydrogen (secondary N) is 2. The van der Waals surface area contributed by atoms with Crippen molar-refractivity contribution >= 4 is 34.2 Å². The minimum atomic E-state index is -0.642. The zero-order valence-electron chi connectivity index (χ0n) is 20.8. The molecular weight excluding hydrogens is 460 g/mol. The Morgan fingerprint density at radius 3 is 2.53 bits per heavy atom. The maximum atomic E-state index is 13.6. The number of H-pyrrole nitrogens is 1. The van der Waals surface area contributed by atoms with Gasteiger partial charge in [-0.05, 0) is 43.4 Å². The predicted molar refractivity (Wildman–Crippen MR) is 140 cm³/mol. The summed E-state index contributed by atoms with van der Waals surface area (Å²) in [7, 11) is 0. The van der Waals surface area contributed by atoms with Crippen LogP contribution in [-0.2, 0) is 11.3 Å². The van der Waals surface area contributed by atoms with Crippen LogP contribution >= 0.6 is 0 Å². The molecule has 0 unspecified atom stereocenters. The standard InChI is InChI=1S/C26H32N6O4/c1-4-11-32-23-21(25(35)30-26(32)36)17(14-19(28-23)15(2)3)24(34)29-18-7-5-6-8-20(18)31-12-9-16(10-13-31)22(27)33/h5-8,14-16H,4,9-13H2,1-3H3,(H2,27,33)(H,29,34)(H,30,35,36). The van der Waals surface area contributed by atoms with Crippen molar-refractivity contribution < 1.29 is 9.59 Å². The number of rotatable bonds is 7. The molecule has 10 heteroatoms. The fourth-order valence-electron chi connectivity index (χ4n) is 4.65. The van der Waals surface area contributed by atoms with E-state index in [1.165, 1.54) is 4.57 Å². The van der Waals surface area contributed by atoms with Gasteiger partial charge in [0.2, 0.25) is 5.91 Å². The van der Waals surface area contributed by atoms with E-state index in [4.69, 9.17) is 5.73 Å². The molecular formula is C26H32N6O4. The van der Waals surface area contributed by atoms with E-state index in [-0.39, 0.29) is 34.3 Å². The molecule has 10 nitrogen and oxygen atoms in total. The van der Waals surface area contributed by atoms with Gasteiger partial charge >= 0.3 is 5.69 Å². The van der Waals surface area contributed by atoms with Gasteiger partial charge in [-0.3, -0.25) is 23.9 Å². The van der Waals surface area contributed by atoms with E-state index in [1.807, 2.05) is 39.0 Å². The highest BCUT2D eigenvalue weighted by Gasteiger charge is 2.26. The van der Waals surface area contributed by atoms with Gasteiger partial charge < -0.3 is 16.0 Å². The number of pyridine rings is 1. The SMILES string of the molecule is CCCn1c(=O)[nH]c(=O)c2c(C(=O)Nc3ccccc3N3CCC(C(N)=O)CC3)cc(C(C)C)nc21. The molecule has 4 N–H and O–H groups in total. The number of aryl methyl sites for hydroxylation is 1. The van der Waals surface area contributed by atoms with Crippen molar-refractivity contribution in [1.82, 2.24) is 14.5 Å². The normalized spacial score (nSPS) is 14.4. The van der Waals surface area contributed by atoms with Crippen LogP contribution in [0.25, 0.3) is 11.0 Å². The predicted octanol–water partition coefficient (Wildman–Crippen LogP) is 2.57. The summed E-state index contributed by atoms with van der Waals surface area (Å²) >= 11 is 0. The molecule has 3 heterocycles. The summed E-state index contributed by atoms with van der Waals surface area (Å²) in [5.74, 6) is -0.915. The molecule has 1 saturated heterocycles. The zero-order valence-corrected chi connectivity index (χ0v) is 20.8. The number of anilines is 2. The Balaban J connectivity index is 1.75. The van der Waals surface area contributed by atoms with Crippen LogP contribution in [0.3, 0.4) is 0 Å². The molecule has 36 heavy (non-hydrogen) atoms. The highest BCUT2D eigenvalue weighted by atomic mass is 16.2. The molecule has 1 aliphatic rings. The number of aromatic amines is 1. The highest BCUT2D eigenvalue weighted by Crippen LogP contribution is 2.30. The van der Waals surface area contributed by atoms with E-state index in [0.717, 1.165) is 5.69 Å². The Hall–Kier alpha value is -3.95. The molecule has 0 saturated carbocycles. The molecule has 2 aromatic heterocycles. The summed E-state index contributed by atoms with van der Waals surface area (Å²) in [6.45, 7) is 7.45. The summed E-state index contributed by atoms with van der Waals surface area (Å²) in [5, 5.41) is 3.06. The monoisotopic (exact) mass is 492 g/mol. The van der Waals surface area contributed by atoms with Crippen LogP contribution < -0.4 is 27.2 Å². The van der Waals surface area contributed by atoms with Gasteiger partial charge in [0.05, 0.1) is 22.3 Å². The molecule has 190 valence electrons. The van der Waals surface area contributed by atoms with Crippen LogP contribution in [-0.4, -0.2) is 39.4 Å². The number of fused-ring (bicyclic) bond motifs is 1.